The van der Waals surface area contributed by atoms with Crippen LogP contribution in [0.15, 0.2) is 59.5 Å². The Bertz CT molecular complexity index is 1450. The van der Waals surface area contributed by atoms with E-state index in [0.717, 1.165) is 12.1 Å². The summed E-state index contributed by atoms with van der Waals surface area (Å²) < 4.78 is 80.8. The van der Waals surface area contributed by atoms with Crippen LogP contribution < -0.4 is 5.32 Å². The maximum Gasteiger partial charge on any atom is 0.419 e. The third-order valence-electron chi connectivity index (χ3n) is 5.77. The van der Waals surface area contributed by atoms with Gasteiger partial charge in [0.25, 0.3) is 0 Å². The normalized spacial score (nSPS) is 14.4. The molecule has 0 aromatic heterocycles. The molecule has 5 nitrogen and oxygen atoms in total. The minimum absolute atomic E-state index is 0.00874. The average Bonchev–Trinajstić information content (AvgIpc) is 2.81. The van der Waals surface area contributed by atoms with Crippen molar-refractivity contribution in [2.45, 2.75) is 30.5 Å². The van der Waals surface area contributed by atoms with Crippen molar-refractivity contribution in [3.63, 3.8) is 0 Å². The van der Waals surface area contributed by atoms with Gasteiger partial charge in [-0.2, -0.15) is 17.5 Å². The van der Waals surface area contributed by atoms with Crippen LogP contribution in [0.4, 0.5) is 23.2 Å². The molecule has 0 bridgehead atoms. The van der Waals surface area contributed by atoms with Gasteiger partial charge in [0.05, 0.1) is 27.7 Å². The number of halogens is 6. The van der Waals surface area contributed by atoms with Gasteiger partial charge in [0.1, 0.15) is 10.7 Å². The zero-order chi connectivity index (χ0) is 26.3. The van der Waals surface area contributed by atoms with Gasteiger partial charge in [0.2, 0.25) is 15.9 Å². The van der Waals surface area contributed by atoms with E-state index in [9.17, 15) is 30.8 Å². The van der Waals surface area contributed by atoms with E-state index >= 15 is 0 Å². The van der Waals surface area contributed by atoms with E-state index in [1.54, 1.807) is 18.2 Å². The van der Waals surface area contributed by atoms with Crippen LogP contribution in [0.5, 0.6) is 0 Å². The number of carbonyl (C=O) groups is 1. The van der Waals surface area contributed by atoms with Crippen LogP contribution in [0.1, 0.15) is 22.3 Å². The standard InChI is InChI=1S/C24H18Cl2F4N2O3S/c25-18-6-1-2-7-20(18)36(34,35)32-11-10-16-15(13-32)8-9-19(26)23(16)31-21(33)12-14-4-3-5-17(22(14)27)24(28,29)30/h1-9H,10-13H2,(H,31,33). The Morgan fingerprint density at radius 2 is 1.72 bits per heavy atom. The van der Waals surface area contributed by atoms with Crippen molar-refractivity contribution < 1.29 is 30.8 Å². The quantitative estimate of drug-likeness (QED) is 0.384. The highest BCUT2D eigenvalue weighted by Gasteiger charge is 2.35. The van der Waals surface area contributed by atoms with Gasteiger partial charge in [-0.05, 0) is 47.4 Å². The summed E-state index contributed by atoms with van der Waals surface area (Å²) in [6.07, 6.45) is -5.34. The van der Waals surface area contributed by atoms with Gasteiger partial charge >= 0.3 is 6.18 Å². The lowest BCUT2D eigenvalue weighted by molar-refractivity contribution is -0.140. The number of sulfonamides is 1. The Hall–Kier alpha value is -2.66. The monoisotopic (exact) mass is 560 g/mol. The lowest BCUT2D eigenvalue weighted by Crippen LogP contribution is -2.36. The predicted octanol–water partition coefficient (Wildman–Crippen LogP) is 6.08. The molecule has 1 amide bonds. The summed E-state index contributed by atoms with van der Waals surface area (Å²) in [7, 11) is -3.90. The first-order valence-corrected chi connectivity index (χ1v) is 12.8. The van der Waals surface area contributed by atoms with Gasteiger partial charge in [-0.15, -0.1) is 0 Å². The van der Waals surface area contributed by atoms with E-state index in [4.69, 9.17) is 23.2 Å². The van der Waals surface area contributed by atoms with E-state index in [-0.39, 0.29) is 40.1 Å². The molecule has 3 aromatic carbocycles. The molecule has 3 aromatic rings. The maximum atomic E-state index is 14.3. The van der Waals surface area contributed by atoms with Crippen LogP contribution >= 0.6 is 23.2 Å². The highest BCUT2D eigenvalue weighted by Crippen LogP contribution is 2.36. The third kappa shape index (κ3) is 5.22. The molecule has 0 aliphatic carbocycles. The summed E-state index contributed by atoms with van der Waals surface area (Å²) in [5.41, 5.74) is -0.489. The number of nitrogens with zero attached hydrogens (tertiary/aromatic N) is 1. The first-order valence-electron chi connectivity index (χ1n) is 10.6. The smallest absolute Gasteiger partial charge is 0.324 e. The van der Waals surface area contributed by atoms with Crippen LogP contribution in [0.25, 0.3) is 0 Å². The van der Waals surface area contributed by atoms with Crippen molar-refractivity contribution in [2.75, 3.05) is 11.9 Å². The van der Waals surface area contributed by atoms with Gasteiger partial charge in [0.15, 0.2) is 0 Å². The average molecular weight is 561 g/mol. The summed E-state index contributed by atoms with van der Waals surface area (Å²) in [4.78, 5) is 12.6. The third-order valence-corrected chi connectivity index (χ3v) is 8.43. The van der Waals surface area contributed by atoms with Gasteiger partial charge in [-0.25, -0.2) is 12.8 Å². The molecule has 12 heteroatoms. The first-order chi connectivity index (χ1) is 16.9. The van der Waals surface area contributed by atoms with Gasteiger partial charge in [-0.1, -0.05) is 53.5 Å². The van der Waals surface area contributed by atoms with Crippen LogP contribution in [0.2, 0.25) is 10.0 Å². The molecule has 4 rings (SSSR count). The first kappa shape index (κ1) is 26.4. The Balaban J connectivity index is 1.57. The molecule has 36 heavy (non-hydrogen) atoms. The minimum atomic E-state index is -4.89. The predicted molar refractivity (Wildman–Crippen MR) is 128 cm³/mol. The Labute approximate surface area is 214 Å². The minimum Gasteiger partial charge on any atom is -0.324 e. The van der Waals surface area contributed by atoms with Crippen molar-refractivity contribution in [1.29, 1.82) is 0 Å². The Morgan fingerprint density at radius 3 is 2.42 bits per heavy atom. The highest BCUT2D eigenvalue weighted by atomic mass is 35.5. The van der Waals surface area contributed by atoms with Gasteiger partial charge in [-0.3, -0.25) is 4.79 Å². The largest absolute Gasteiger partial charge is 0.419 e. The molecule has 0 atom stereocenters. The van der Waals surface area contributed by atoms with Crippen LogP contribution in [-0.4, -0.2) is 25.2 Å². The summed E-state index contributed by atoms with van der Waals surface area (Å²) in [5, 5.41) is 2.81. The zero-order valence-electron chi connectivity index (χ0n) is 18.4. The molecule has 1 N–H and O–H groups in total. The second-order valence-corrected chi connectivity index (χ2v) is 10.8. The molecule has 0 saturated carbocycles. The molecular weight excluding hydrogens is 543 g/mol. The molecular formula is C24H18Cl2F4N2O3S. The molecule has 0 unspecified atom stereocenters. The van der Waals surface area contributed by atoms with Gasteiger partial charge in [0, 0.05) is 13.1 Å². The number of anilines is 1. The fraction of sp³-hybridized carbons (Fsp3) is 0.208. The van der Waals surface area contributed by atoms with Gasteiger partial charge < -0.3 is 5.32 Å². The van der Waals surface area contributed by atoms with Crippen molar-refractivity contribution in [3.05, 3.63) is 92.7 Å². The molecule has 0 fully saturated rings. The number of amides is 1. The topological polar surface area (TPSA) is 66.5 Å². The Morgan fingerprint density at radius 1 is 1.00 bits per heavy atom. The molecule has 1 heterocycles. The summed E-state index contributed by atoms with van der Waals surface area (Å²) >= 11 is 12.4. The van der Waals surface area contributed by atoms with Crippen LogP contribution in [0.3, 0.4) is 0 Å². The lowest BCUT2D eigenvalue weighted by atomic mass is 9.98. The van der Waals surface area contributed by atoms with E-state index in [2.05, 4.69) is 5.32 Å². The number of alkyl halides is 3. The van der Waals surface area contributed by atoms with Crippen molar-refractivity contribution >= 4 is 44.8 Å². The second kappa shape index (κ2) is 10.0. The number of nitrogens with one attached hydrogen (secondary N) is 1. The SMILES string of the molecule is O=C(Cc1cccc(C(F)(F)F)c1F)Nc1c(Cl)ccc2c1CCN(S(=O)(=O)c1ccccc1Cl)C2. The number of hydrogen-bond acceptors (Lipinski definition) is 3. The second-order valence-electron chi connectivity index (χ2n) is 8.08. The van der Waals surface area contributed by atoms with Crippen LogP contribution in [0, 0.1) is 5.82 Å². The molecule has 1 aliphatic rings. The van der Waals surface area contributed by atoms with Crippen LogP contribution in [-0.2, 0) is 40.4 Å². The highest BCUT2D eigenvalue weighted by molar-refractivity contribution is 7.89. The lowest BCUT2D eigenvalue weighted by Gasteiger charge is -2.30. The van der Waals surface area contributed by atoms with Crippen molar-refractivity contribution in [3.8, 4) is 0 Å². The van der Waals surface area contributed by atoms with Crippen molar-refractivity contribution in [1.82, 2.24) is 4.31 Å². The molecule has 0 spiro atoms. The fourth-order valence-electron chi connectivity index (χ4n) is 4.03. The molecule has 190 valence electrons. The van der Waals surface area contributed by atoms with E-state index in [1.807, 2.05) is 0 Å². The summed E-state index contributed by atoms with van der Waals surface area (Å²) in [6, 6.07) is 11.9. The Kier molecular flexibility index (Phi) is 7.34. The fourth-order valence-corrected chi connectivity index (χ4v) is 6.16. The molecule has 0 radical (unpaired) electrons. The van der Waals surface area contributed by atoms with E-state index < -0.39 is 45.5 Å². The number of hydrogen-bond donors (Lipinski definition) is 1. The molecule has 1 aliphatic heterocycles. The van der Waals surface area contributed by atoms with E-state index in [1.165, 1.54) is 22.5 Å². The zero-order valence-corrected chi connectivity index (χ0v) is 20.7. The number of fused-ring (bicyclic) bond motifs is 1. The summed E-state index contributed by atoms with van der Waals surface area (Å²) in [6.45, 7) is 0.0667. The number of carbonyl (C=O) groups excluding carboxylic acids is 1. The molecule has 0 saturated heterocycles. The van der Waals surface area contributed by atoms with E-state index in [0.29, 0.717) is 17.2 Å². The number of rotatable bonds is 5. The summed E-state index contributed by atoms with van der Waals surface area (Å²) in [5.74, 6) is -2.28. The maximum absolute atomic E-state index is 14.3. The number of benzene rings is 3. The van der Waals surface area contributed by atoms with Crippen molar-refractivity contribution in [2.24, 2.45) is 0 Å².